The molecule has 0 unspecified atom stereocenters. The third-order valence-electron chi connectivity index (χ3n) is 2.65. The van der Waals surface area contributed by atoms with Gasteiger partial charge in [0.2, 0.25) is 0 Å². The zero-order valence-electron chi connectivity index (χ0n) is 10.3. The Morgan fingerprint density at radius 2 is 2.00 bits per heavy atom. The van der Waals surface area contributed by atoms with E-state index in [9.17, 15) is 4.39 Å². The van der Waals surface area contributed by atoms with E-state index in [4.69, 9.17) is 12.2 Å². The van der Waals surface area contributed by atoms with Crippen LogP contribution in [0.2, 0.25) is 0 Å². The number of nitrogens with zero attached hydrogens (tertiary/aromatic N) is 1. The first-order valence-electron chi connectivity index (χ1n) is 5.65. The minimum Gasteiger partial charge on any atom is -0.342 e. The Morgan fingerprint density at radius 1 is 1.32 bits per heavy atom. The standard InChI is InChI=1S/C13H11Br2FN2S/c1-6(2)11-10(15)13(19)18-12(17-11)8-4-3-7(16)5-9(8)14/h3-6H,1-2H3,(H,17,18,19). The van der Waals surface area contributed by atoms with Crippen LogP contribution in [0.5, 0.6) is 0 Å². The van der Waals surface area contributed by atoms with Crippen LogP contribution < -0.4 is 0 Å². The first-order valence-corrected chi connectivity index (χ1v) is 7.64. The number of H-pyrrole nitrogens is 1. The molecule has 1 N–H and O–H groups in total. The highest BCUT2D eigenvalue weighted by atomic mass is 79.9. The average Bonchev–Trinajstić information content (AvgIpc) is 2.32. The lowest BCUT2D eigenvalue weighted by Gasteiger charge is -2.12. The highest BCUT2D eigenvalue weighted by molar-refractivity contribution is 9.11. The topological polar surface area (TPSA) is 28.7 Å². The van der Waals surface area contributed by atoms with E-state index < -0.39 is 0 Å². The second kappa shape index (κ2) is 5.81. The molecular weight excluding hydrogens is 395 g/mol. The SMILES string of the molecule is CC(C)c1[nH]c(-c2ccc(F)cc2Br)nc(=S)c1Br. The monoisotopic (exact) mass is 404 g/mol. The number of halogens is 3. The van der Waals surface area contributed by atoms with E-state index in [0.29, 0.717) is 14.9 Å². The van der Waals surface area contributed by atoms with E-state index in [0.717, 1.165) is 15.7 Å². The molecule has 2 aromatic rings. The molecule has 1 aromatic carbocycles. The minimum absolute atomic E-state index is 0.275. The Labute approximate surface area is 132 Å². The van der Waals surface area contributed by atoms with Crippen molar-refractivity contribution in [2.45, 2.75) is 19.8 Å². The number of rotatable bonds is 2. The van der Waals surface area contributed by atoms with Crippen LogP contribution in [-0.2, 0) is 0 Å². The van der Waals surface area contributed by atoms with Crippen molar-refractivity contribution in [3.8, 4) is 11.4 Å². The van der Waals surface area contributed by atoms with Crippen molar-refractivity contribution in [3.05, 3.63) is 43.3 Å². The van der Waals surface area contributed by atoms with Crippen LogP contribution in [0.1, 0.15) is 25.5 Å². The van der Waals surface area contributed by atoms with Gasteiger partial charge in [0.15, 0.2) is 0 Å². The van der Waals surface area contributed by atoms with Crippen molar-refractivity contribution in [1.29, 1.82) is 0 Å². The molecule has 0 atom stereocenters. The Hall–Kier alpha value is -0.590. The number of hydrogen-bond donors (Lipinski definition) is 1. The zero-order chi connectivity index (χ0) is 14.2. The van der Waals surface area contributed by atoms with Gasteiger partial charge in [-0.15, -0.1) is 0 Å². The maximum absolute atomic E-state index is 13.1. The first kappa shape index (κ1) is 14.8. The van der Waals surface area contributed by atoms with Gasteiger partial charge < -0.3 is 4.98 Å². The number of benzene rings is 1. The van der Waals surface area contributed by atoms with E-state index in [1.165, 1.54) is 12.1 Å². The zero-order valence-corrected chi connectivity index (χ0v) is 14.3. The number of hydrogen-bond acceptors (Lipinski definition) is 2. The summed E-state index contributed by atoms with van der Waals surface area (Å²) >= 11 is 12.0. The molecule has 6 heteroatoms. The van der Waals surface area contributed by atoms with E-state index >= 15 is 0 Å². The summed E-state index contributed by atoms with van der Waals surface area (Å²) in [5.74, 6) is 0.608. The lowest BCUT2D eigenvalue weighted by Crippen LogP contribution is -2.00. The normalized spacial score (nSPS) is 11.1. The highest BCUT2D eigenvalue weighted by Crippen LogP contribution is 2.30. The summed E-state index contributed by atoms with van der Waals surface area (Å²) < 4.78 is 15.1. The van der Waals surface area contributed by atoms with Gasteiger partial charge in [-0.1, -0.05) is 26.1 Å². The molecule has 1 heterocycles. The maximum Gasteiger partial charge on any atom is 0.144 e. The second-order valence-corrected chi connectivity index (χ2v) is 6.43. The lowest BCUT2D eigenvalue weighted by atomic mass is 10.1. The predicted octanol–water partition coefficient (Wildman–Crippen LogP) is 5.59. The molecule has 0 aliphatic heterocycles. The molecule has 0 fully saturated rings. The van der Waals surface area contributed by atoms with E-state index in [2.05, 4.69) is 55.7 Å². The quantitative estimate of drug-likeness (QED) is 0.659. The molecule has 2 nitrogen and oxygen atoms in total. The van der Waals surface area contributed by atoms with Crippen LogP contribution >= 0.6 is 44.1 Å². The van der Waals surface area contributed by atoms with Crippen LogP contribution in [0.3, 0.4) is 0 Å². The van der Waals surface area contributed by atoms with Crippen molar-refractivity contribution in [2.75, 3.05) is 0 Å². The van der Waals surface area contributed by atoms with E-state index in [1.807, 2.05) is 0 Å². The molecule has 0 bridgehead atoms. The fourth-order valence-electron chi connectivity index (χ4n) is 1.68. The van der Waals surface area contributed by atoms with Crippen molar-refractivity contribution in [1.82, 2.24) is 9.97 Å². The van der Waals surface area contributed by atoms with Gasteiger partial charge in [-0.2, -0.15) is 0 Å². The van der Waals surface area contributed by atoms with Gasteiger partial charge >= 0.3 is 0 Å². The van der Waals surface area contributed by atoms with Crippen molar-refractivity contribution in [2.24, 2.45) is 0 Å². The Balaban J connectivity index is 2.66. The van der Waals surface area contributed by atoms with Crippen LogP contribution in [0.25, 0.3) is 11.4 Å². The third kappa shape index (κ3) is 3.12. The fraction of sp³-hybridized carbons (Fsp3) is 0.231. The molecule has 100 valence electrons. The number of aromatic amines is 1. The highest BCUT2D eigenvalue weighted by Gasteiger charge is 2.13. The van der Waals surface area contributed by atoms with Crippen LogP contribution in [-0.4, -0.2) is 9.97 Å². The summed E-state index contributed by atoms with van der Waals surface area (Å²) in [6.07, 6.45) is 0. The van der Waals surface area contributed by atoms with Crippen LogP contribution in [0.4, 0.5) is 4.39 Å². The summed E-state index contributed by atoms with van der Waals surface area (Å²) in [4.78, 5) is 7.59. The van der Waals surface area contributed by atoms with Crippen molar-refractivity contribution in [3.63, 3.8) is 0 Å². The van der Waals surface area contributed by atoms with Crippen LogP contribution in [0, 0.1) is 10.5 Å². The van der Waals surface area contributed by atoms with Gasteiger partial charge in [0.05, 0.1) is 4.47 Å². The minimum atomic E-state index is -0.296. The predicted molar refractivity (Wildman–Crippen MR) is 84.3 cm³/mol. The molecule has 0 radical (unpaired) electrons. The third-order valence-corrected chi connectivity index (χ3v) is 4.67. The number of nitrogens with one attached hydrogen (secondary N) is 1. The molecule has 0 aliphatic carbocycles. The molecule has 0 saturated heterocycles. The van der Waals surface area contributed by atoms with Gasteiger partial charge in [0.25, 0.3) is 0 Å². The molecule has 0 spiro atoms. The second-order valence-electron chi connectivity index (χ2n) is 4.40. The summed E-state index contributed by atoms with van der Waals surface area (Å²) in [6.45, 7) is 4.13. The van der Waals surface area contributed by atoms with Gasteiger partial charge in [-0.25, -0.2) is 9.37 Å². The lowest BCUT2D eigenvalue weighted by molar-refractivity contribution is 0.627. The Kier molecular flexibility index (Phi) is 4.53. The molecule has 19 heavy (non-hydrogen) atoms. The Morgan fingerprint density at radius 3 is 2.58 bits per heavy atom. The first-order chi connectivity index (χ1) is 8.90. The van der Waals surface area contributed by atoms with Gasteiger partial charge in [0.1, 0.15) is 16.3 Å². The summed E-state index contributed by atoms with van der Waals surface area (Å²) in [5, 5.41) is 0. The summed E-state index contributed by atoms with van der Waals surface area (Å²) in [6, 6.07) is 4.48. The fourth-order valence-corrected chi connectivity index (χ4v) is 3.07. The smallest absolute Gasteiger partial charge is 0.144 e. The maximum atomic E-state index is 13.1. The number of aromatic nitrogens is 2. The van der Waals surface area contributed by atoms with E-state index in [1.54, 1.807) is 6.07 Å². The van der Waals surface area contributed by atoms with Crippen LogP contribution in [0.15, 0.2) is 27.1 Å². The summed E-state index contributed by atoms with van der Waals surface area (Å²) in [7, 11) is 0. The van der Waals surface area contributed by atoms with E-state index in [-0.39, 0.29) is 11.7 Å². The molecule has 0 saturated carbocycles. The molecular formula is C13H11Br2FN2S. The molecule has 0 aliphatic rings. The molecule has 1 aromatic heterocycles. The average molecular weight is 406 g/mol. The van der Waals surface area contributed by atoms with Gasteiger partial charge in [-0.3, -0.25) is 0 Å². The molecule has 2 rings (SSSR count). The van der Waals surface area contributed by atoms with Gasteiger partial charge in [0, 0.05) is 15.7 Å². The Bertz CT molecular complexity index is 683. The van der Waals surface area contributed by atoms with Crippen molar-refractivity contribution < 1.29 is 4.39 Å². The summed E-state index contributed by atoms with van der Waals surface area (Å²) in [5.41, 5.74) is 1.76. The molecule has 0 amide bonds. The largest absolute Gasteiger partial charge is 0.342 e. The van der Waals surface area contributed by atoms with Crippen molar-refractivity contribution >= 4 is 44.1 Å². The van der Waals surface area contributed by atoms with Gasteiger partial charge in [-0.05, 0) is 56.0 Å².